The molecule has 0 radical (unpaired) electrons. The zero-order chi connectivity index (χ0) is 15.2. The number of halogens is 1. The van der Waals surface area contributed by atoms with Crippen molar-refractivity contribution < 1.29 is 4.79 Å². The van der Waals surface area contributed by atoms with E-state index in [1.54, 1.807) is 11.9 Å². The van der Waals surface area contributed by atoms with Crippen LogP contribution in [-0.4, -0.2) is 54.1 Å². The van der Waals surface area contributed by atoms with E-state index in [9.17, 15) is 4.79 Å². The highest BCUT2D eigenvalue weighted by molar-refractivity contribution is 6.28. The summed E-state index contributed by atoms with van der Waals surface area (Å²) in [5, 5.41) is 2.76. The molecule has 2 rings (SSSR count). The number of carbonyl (C=O) groups is 1. The SMILES string of the molecule is CCN(CC(=O)NC)c1nc(Cl)nc(N2CCCCC2)n1. The Hall–Kier alpha value is -1.63. The Kier molecular flexibility index (Phi) is 5.55. The van der Waals surface area contributed by atoms with Gasteiger partial charge in [0.25, 0.3) is 0 Å². The average Bonchev–Trinajstić information content (AvgIpc) is 2.52. The Bertz CT molecular complexity index is 492. The van der Waals surface area contributed by atoms with Crippen molar-refractivity contribution in [3.05, 3.63) is 5.28 Å². The molecule has 0 aliphatic carbocycles. The van der Waals surface area contributed by atoms with Gasteiger partial charge in [-0.05, 0) is 37.8 Å². The fourth-order valence-corrected chi connectivity index (χ4v) is 2.43. The van der Waals surface area contributed by atoms with Gasteiger partial charge in [0, 0.05) is 26.7 Å². The topological polar surface area (TPSA) is 74.2 Å². The molecule has 2 heterocycles. The molecule has 1 aliphatic rings. The summed E-state index contributed by atoms with van der Waals surface area (Å²) in [6.07, 6.45) is 3.50. The molecule has 0 unspecified atom stereocenters. The van der Waals surface area contributed by atoms with Gasteiger partial charge in [0.15, 0.2) is 0 Å². The molecule has 0 aromatic carbocycles. The number of nitrogens with one attached hydrogen (secondary N) is 1. The first-order valence-electron chi connectivity index (χ1n) is 7.26. The zero-order valence-electron chi connectivity index (χ0n) is 12.5. The molecule has 1 fully saturated rings. The van der Waals surface area contributed by atoms with Crippen molar-refractivity contribution in [1.82, 2.24) is 20.3 Å². The average molecular weight is 313 g/mol. The number of piperidine rings is 1. The highest BCUT2D eigenvalue weighted by Gasteiger charge is 2.18. The minimum atomic E-state index is -0.0899. The van der Waals surface area contributed by atoms with Crippen molar-refractivity contribution in [2.75, 3.05) is 43.0 Å². The standard InChI is InChI=1S/C13H21ClN6O/c1-3-19(9-10(21)15-2)12-16-11(14)17-13(18-12)20-7-5-4-6-8-20/h3-9H2,1-2H3,(H,15,21). The molecule has 21 heavy (non-hydrogen) atoms. The molecule has 0 spiro atoms. The van der Waals surface area contributed by atoms with Gasteiger partial charge >= 0.3 is 0 Å². The van der Waals surface area contributed by atoms with Crippen LogP contribution in [0.1, 0.15) is 26.2 Å². The molecule has 1 amide bonds. The van der Waals surface area contributed by atoms with Crippen LogP contribution < -0.4 is 15.1 Å². The number of amides is 1. The summed E-state index contributed by atoms with van der Waals surface area (Å²) in [7, 11) is 1.61. The van der Waals surface area contributed by atoms with Crippen LogP contribution in [0.2, 0.25) is 5.28 Å². The second kappa shape index (κ2) is 7.40. The highest BCUT2D eigenvalue weighted by atomic mass is 35.5. The predicted molar refractivity (Wildman–Crippen MR) is 82.9 cm³/mol. The molecule has 1 aromatic rings. The zero-order valence-corrected chi connectivity index (χ0v) is 13.2. The lowest BCUT2D eigenvalue weighted by atomic mass is 10.1. The van der Waals surface area contributed by atoms with Crippen molar-refractivity contribution in [1.29, 1.82) is 0 Å². The first-order valence-corrected chi connectivity index (χ1v) is 7.64. The van der Waals surface area contributed by atoms with E-state index in [1.807, 2.05) is 6.92 Å². The summed E-state index contributed by atoms with van der Waals surface area (Å²) in [4.78, 5) is 28.3. The largest absolute Gasteiger partial charge is 0.358 e. The van der Waals surface area contributed by atoms with Gasteiger partial charge in [0.1, 0.15) is 0 Å². The van der Waals surface area contributed by atoms with Crippen LogP contribution >= 0.6 is 11.6 Å². The van der Waals surface area contributed by atoms with Gasteiger partial charge in [-0.3, -0.25) is 4.79 Å². The van der Waals surface area contributed by atoms with E-state index in [4.69, 9.17) is 11.6 Å². The predicted octanol–water partition coefficient (Wildman–Crippen LogP) is 1.09. The van der Waals surface area contributed by atoms with Crippen LogP contribution in [-0.2, 0) is 4.79 Å². The number of carbonyl (C=O) groups excluding carboxylic acids is 1. The van der Waals surface area contributed by atoms with E-state index < -0.39 is 0 Å². The Morgan fingerprint density at radius 1 is 1.29 bits per heavy atom. The van der Waals surface area contributed by atoms with Crippen molar-refractivity contribution in [3.8, 4) is 0 Å². The van der Waals surface area contributed by atoms with Gasteiger partial charge in [-0.2, -0.15) is 15.0 Å². The van der Waals surface area contributed by atoms with E-state index in [2.05, 4.69) is 25.2 Å². The monoisotopic (exact) mass is 312 g/mol. The number of likely N-dealkylation sites (N-methyl/N-ethyl adjacent to an activating group) is 2. The third kappa shape index (κ3) is 4.17. The summed E-state index contributed by atoms with van der Waals surface area (Å²) in [5.41, 5.74) is 0. The maximum Gasteiger partial charge on any atom is 0.239 e. The third-order valence-electron chi connectivity index (χ3n) is 3.50. The molecule has 0 bridgehead atoms. The summed E-state index contributed by atoms with van der Waals surface area (Å²) in [6, 6.07) is 0. The van der Waals surface area contributed by atoms with Crippen molar-refractivity contribution in [2.45, 2.75) is 26.2 Å². The van der Waals surface area contributed by atoms with Crippen molar-refractivity contribution in [2.24, 2.45) is 0 Å². The molecule has 7 nitrogen and oxygen atoms in total. The second-order valence-electron chi connectivity index (χ2n) is 4.94. The molecule has 1 saturated heterocycles. The van der Waals surface area contributed by atoms with E-state index >= 15 is 0 Å². The maximum absolute atomic E-state index is 11.6. The molecule has 0 atom stereocenters. The maximum atomic E-state index is 11.6. The van der Waals surface area contributed by atoms with Gasteiger partial charge < -0.3 is 15.1 Å². The number of anilines is 2. The number of hydrogen-bond acceptors (Lipinski definition) is 6. The number of hydrogen-bond donors (Lipinski definition) is 1. The molecule has 8 heteroatoms. The lowest BCUT2D eigenvalue weighted by Gasteiger charge is -2.27. The summed E-state index contributed by atoms with van der Waals surface area (Å²) >= 11 is 6.02. The molecule has 0 saturated carbocycles. The number of nitrogens with zero attached hydrogens (tertiary/aromatic N) is 5. The molecular formula is C13H21ClN6O. The number of rotatable bonds is 5. The van der Waals surface area contributed by atoms with Gasteiger partial charge in [0.05, 0.1) is 6.54 Å². The van der Waals surface area contributed by atoms with Crippen LogP contribution in [0.15, 0.2) is 0 Å². The van der Waals surface area contributed by atoms with Crippen LogP contribution in [0.5, 0.6) is 0 Å². The summed E-state index contributed by atoms with van der Waals surface area (Å²) in [6.45, 7) is 4.63. The lowest BCUT2D eigenvalue weighted by Crippen LogP contribution is -2.37. The smallest absolute Gasteiger partial charge is 0.239 e. The minimum Gasteiger partial charge on any atom is -0.358 e. The van der Waals surface area contributed by atoms with E-state index in [0.717, 1.165) is 25.9 Å². The molecule has 116 valence electrons. The van der Waals surface area contributed by atoms with Crippen LogP contribution in [0.25, 0.3) is 0 Å². The molecule has 1 N–H and O–H groups in total. The fraction of sp³-hybridized carbons (Fsp3) is 0.692. The normalized spacial score (nSPS) is 14.9. The fourth-order valence-electron chi connectivity index (χ4n) is 2.28. The van der Waals surface area contributed by atoms with Crippen LogP contribution in [0.3, 0.4) is 0 Å². The van der Waals surface area contributed by atoms with Gasteiger partial charge in [-0.15, -0.1) is 0 Å². The summed E-state index contributed by atoms with van der Waals surface area (Å²) < 4.78 is 0. The van der Waals surface area contributed by atoms with Gasteiger partial charge in [-0.1, -0.05) is 0 Å². The van der Waals surface area contributed by atoms with Gasteiger partial charge in [-0.25, -0.2) is 0 Å². The Labute approximate surface area is 129 Å². The Balaban J connectivity index is 2.21. The van der Waals surface area contributed by atoms with Crippen LogP contribution in [0.4, 0.5) is 11.9 Å². The Morgan fingerprint density at radius 2 is 2.00 bits per heavy atom. The van der Waals surface area contributed by atoms with E-state index in [0.29, 0.717) is 18.4 Å². The highest BCUT2D eigenvalue weighted by Crippen LogP contribution is 2.20. The summed E-state index contributed by atoms with van der Waals surface area (Å²) in [5.74, 6) is 0.953. The molecular weight excluding hydrogens is 292 g/mol. The van der Waals surface area contributed by atoms with E-state index in [-0.39, 0.29) is 17.7 Å². The van der Waals surface area contributed by atoms with E-state index in [1.165, 1.54) is 6.42 Å². The third-order valence-corrected chi connectivity index (χ3v) is 3.67. The second-order valence-corrected chi connectivity index (χ2v) is 5.28. The van der Waals surface area contributed by atoms with Crippen molar-refractivity contribution >= 4 is 29.4 Å². The molecule has 1 aliphatic heterocycles. The number of aromatic nitrogens is 3. The van der Waals surface area contributed by atoms with Crippen molar-refractivity contribution in [3.63, 3.8) is 0 Å². The Morgan fingerprint density at radius 3 is 2.62 bits per heavy atom. The minimum absolute atomic E-state index is 0.0899. The first-order chi connectivity index (χ1) is 10.1. The first kappa shape index (κ1) is 15.8. The van der Waals surface area contributed by atoms with Crippen LogP contribution in [0, 0.1) is 0 Å². The quantitative estimate of drug-likeness (QED) is 0.877. The molecule has 1 aromatic heterocycles. The lowest BCUT2D eigenvalue weighted by molar-refractivity contribution is -0.119. The van der Waals surface area contributed by atoms with Gasteiger partial charge in [0.2, 0.25) is 23.1 Å².